The Balaban J connectivity index is 1.81. The second kappa shape index (κ2) is 6.81. The molecule has 1 N–H and O–H groups in total. The third-order valence-corrected chi connectivity index (χ3v) is 4.84. The Hall–Kier alpha value is -2.46. The maximum absolute atomic E-state index is 12.5. The number of nitrogens with zero attached hydrogens (tertiary/aromatic N) is 1. The minimum atomic E-state index is -0.417. The minimum absolute atomic E-state index is 0.330. The number of ketones is 1. The highest BCUT2D eigenvalue weighted by Gasteiger charge is 2.37. The number of aryl methyl sites for hydroxylation is 1. The van der Waals surface area contributed by atoms with E-state index in [1.54, 1.807) is 4.90 Å². The zero-order valence-corrected chi connectivity index (χ0v) is 15.3. The molecule has 25 heavy (non-hydrogen) atoms. The third-order valence-electron chi connectivity index (χ3n) is 4.84. The molecule has 0 saturated carbocycles. The molecule has 4 nitrogen and oxygen atoms in total. The lowest BCUT2D eigenvalue weighted by Crippen LogP contribution is -3.09. The Morgan fingerprint density at radius 2 is 1.80 bits per heavy atom. The molecule has 3 rings (SSSR count). The third kappa shape index (κ3) is 3.35. The number of carbonyl (C=O) groups excluding carboxylic acids is 2. The predicted octanol–water partition coefficient (Wildman–Crippen LogP) is 2.32. The summed E-state index contributed by atoms with van der Waals surface area (Å²) >= 11 is 0. The average Bonchev–Trinajstić information content (AvgIpc) is 2.81. The predicted molar refractivity (Wildman–Crippen MR) is 99.0 cm³/mol. The molecule has 0 radical (unpaired) electrons. The Bertz CT molecular complexity index is 826. The smallest absolute Gasteiger partial charge is 0.303 e. The van der Waals surface area contributed by atoms with E-state index in [4.69, 9.17) is 0 Å². The maximum atomic E-state index is 12.5. The van der Waals surface area contributed by atoms with E-state index in [9.17, 15) is 9.59 Å². The summed E-state index contributed by atoms with van der Waals surface area (Å²) < 4.78 is 0. The van der Waals surface area contributed by atoms with E-state index in [1.165, 1.54) is 11.1 Å². The van der Waals surface area contributed by atoms with Gasteiger partial charge >= 0.3 is 5.91 Å². The van der Waals surface area contributed by atoms with Crippen LogP contribution in [0.15, 0.2) is 42.5 Å². The zero-order valence-electron chi connectivity index (χ0n) is 15.3. The fourth-order valence-corrected chi connectivity index (χ4v) is 3.29. The second-order valence-electron chi connectivity index (χ2n) is 7.21. The van der Waals surface area contributed by atoms with Gasteiger partial charge in [-0.05, 0) is 36.1 Å². The summed E-state index contributed by atoms with van der Waals surface area (Å²) in [5.74, 6) is -0.474. The summed E-state index contributed by atoms with van der Waals surface area (Å²) in [6.45, 7) is 7.55. The average molecular weight is 337 g/mol. The van der Waals surface area contributed by atoms with Crippen LogP contribution in [-0.2, 0) is 11.3 Å². The molecule has 4 heteroatoms. The second-order valence-corrected chi connectivity index (χ2v) is 7.21. The lowest BCUT2D eigenvalue weighted by Gasteiger charge is -2.22. The number of amides is 1. The van der Waals surface area contributed by atoms with Gasteiger partial charge in [-0.1, -0.05) is 44.2 Å². The van der Waals surface area contributed by atoms with Crippen LogP contribution < -0.4 is 9.80 Å². The number of quaternary nitrogens is 1. The van der Waals surface area contributed by atoms with E-state index >= 15 is 0 Å². The topological polar surface area (TPSA) is 41.8 Å². The number of nitrogens with one attached hydrogen (secondary N) is 1. The molecule has 0 saturated heterocycles. The first-order valence-corrected chi connectivity index (χ1v) is 8.74. The fourth-order valence-electron chi connectivity index (χ4n) is 3.29. The molecule has 1 aliphatic rings. The van der Waals surface area contributed by atoms with Crippen LogP contribution in [0.25, 0.3) is 0 Å². The first-order chi connectivity index (χ1) is 11.9. The Morgan fingerprint density at radius 3 is 2.48 bits per heavy atom. The zero-order chi connectivity index (χ0) is 18.1. The number of anilines is 1. The van der Waals surface area contributed by atoms with Crippen molar-refractivity contribution < 1.29 is 14.5 Å². The van der Waals surface area contributed by atoms with Gasteiger partial charge in [-0.25, -0.2) is 0 Å². The van der Waals surface area contributed by atoms with Gasteiger partial charge in [-0.2, -0.15) is 0 Å². The Kier molecular flexibility index (Phi) is 4.73. The molecule has 2 aromatic carbocycles. The van der Waals surface area contributed by atoms with Crippen LogP contribution in [0.3, 0.4) is 0 Å². The molecule has 1 heterocycles. The first-order valence-electron chi connectivity index (χ1n) is 8.74. The monoisotopic (exact) mass is 337 g/mol. The standard InChI is InChI=1S/C21H24N2O2/c1-14(2)16-9-10-19-18(11-16)20(24)21(25)23(19)13-22(4)12-17-8-6-5-7-15(17)3/h5-11,14H,12-13H2,1-4H3/p+1. The lowest BCUT2D eigenvalue weighted by molar-refractivity contribution is -0.892. The summed E-state index contributed by atoms with van der Waals surface area (Å²) in [6, 6.07) is 14.1. The van der Waals surface area contributed by atoms with Crippen molar-refractivity contribution in [1.82, 2.24) is 0 Å². The van der Waals surface area contributed by atoms with Crippen molar-refractivity contribution in [2.24, 2.45) is 0 Å². The number of rotatable bonds is 5. The van der Waals surface area contributed by atoms with E-state index in [0.717, 1.165) is 22.7 Å². The highest BCUT2D eigenvalue weighted by molar-refractivity contribution is 6.52. The van der Waals surface area contributed by atoms with Gasteiger partial charge in [0.15, 0.2) is 6.67 Å². The van der Waals surface area contributed by atoms with Crippen LogP contribution in [-0.4, -0.2) is 25.4 Å². The van der Waals surface area contributed by atoms with E-state index in [-0.39, 0.29) is 5.78 Å². The Labute approximate surface area is 149 Å². The maximum Gasteiger partial charge on any atom is 0.303 e. The van der Waals surface area contributed by atoms with Gasteiger partial charge in [-0.15, -0.1) is 0 Å². The van der Waals surface area contributed by atoms with Gasteiger partial charge in [0.1, 0.15) is 6.54 Å². The van der Waals surface area contributed by atoms with Crippen LogP contribution in [0.1, 0.15) is 46.8 Å². The number of carbonyl (C=O) groups is 2. The van der Waals surface area contributed by atoms with Gasteiger partial charge in [0, 0.05) is 5.56 Å². The van der Waals surface area contributed by atoms with Crippen molar-refractivity contribution in [2.45, 2.75) is 33.2 Å². The van der Waals surface area contributed by atoms with Crippen molar-refractivity contribution in [3.05, 3.63) is 64.7 Å². The molecular formula is C21H25N2O2+. The van der Waals surface area contributed by atoms with Crippen molar-refractivity contribution in [2.75, 3.05) is 18.6 Å². The molecule has 1 unspecified atom stereocenters. The van der Waals surface area contributed by atoms with E-state index in [2.05, 4.69) is 32.9 Å². The van der Waals surface area contributed by atoms with Gasteiger partial charge in [0.05, 0.1) is 18.3 Å². The summed E-state index contributed by atoms with van der Waals surface area (Å²) in [6.07, 6.45) is 0. The number of hydrogen-bond acceptors (Lipinski definition) is 2. The van der Waals surface area contributed by atoms with E-state index < -0.39 is 5.91 Å². The van der Waals surface area contributed by atoms with E-state index in [0.29, 0.717) is 18.2 Å². The van der Waals surface area contributed by atoms with Crippen LogP contribution in [0.5, 0.6) is 0 Å². The minimum Gasteiger partial charge on any atom is -0.316 e. The van der Waals surface area contributed by atoms with Gasteiger partial charge in [0.2, 0.25) is 0 Å². The van der Waals surface area contributed by atoms with Crippen molar-refractivity contribution in [1.29, 1.82) is 0 Å². The molecule has 130 valence electrons. The van der Waals surface area contributed by atoms with Crippen LogP contribution in [0.4, 0.5) is 5.69 Å². The summed E-state index contributed by atoms with van der Waals surface area (Å²) in [7, 11) is 2.05. The highest BCUT2D eigenvalue weighted by Crippen LogP contribution is 2.31. The quantitative estimate of drug-likeness (QED) is 0.851. The number of fused-ring (bicyclic) bond motifs is 1. The molecule has 0 aliphatic carbocycles. The van der Waals surface area contributed by atoms with Crippen molar-refractivity contribution in [3.63, 3.8) is 0 Å². The van der Waals surface area contributed by atoms with Crippen molar-refractivity contribution in [3.8, 4) is 0 Å². The van der Waals surface area contributed by atoms with Crippen LogP contribution in [0, 0.1) is 6.92 Å². The molecule has 0 bridgehead atoms. The molecule has 1 aliphatic heterocycles. The Morgan fingerprint density at radius 1 is 1.08 bits per heavy atom. The highest BCUT2D eigenvalue weighted by atomic mass is 16.2. The first kappa shape index (κ1) is 17.4. The SMILES string of the molecule is Cc1ccccc1C[NH+](C)CN1C(=O)C(=O)c2cc(C(C)C)ccc21. The van der Waals surface area contributed by atoms with Crippen LogP contribution in [0.2, 0.25) is 0 Å². The molecular weight excluding hydrogens is 312 g/mol. The molecule has 0 spiro atoms. The lowest BCUT2D eigenvalue weighted by atomic mass is 9.99. The number of hydrogen-bond donors (Lipinski definition) is 1. The number of benzene rings is 2. The van der Waals surface area contributed by atoms with E-state index in [1.807, 2.05) is 37.4 Å². The summed E-state index contributed by atoms with van der Waals surface area (Å²) in [5, 5.41) is 0. The number of Topliss-reactive ketones (excluding diaryl/α,β-unsaturated/α-hetero) is 1. The largest absolute Gasteiger partial charge is 0.316 e. The molecule has 2 aromatic rings. The molecule has 0 aromatic heterocycles. The van der Waals surface area contributed by atoms with Gasteiger partial charge in [0.25, 0.3) is 5.78 Å². The summed E-state index contributed by atoms with van der Waals surface area (Å²) in [5.41, 5.74) is 4.87. The van der Waals surface area contributed by atoms with Crippen LogP contribution >= 0.6 is 0 Å². The molecule has 0 fully saturated rings. The molecule has 1 atom stereocenters. The van der Waals surface area contributed by atoms with Gasteiger partial charge < -0.3 is 4.90 Å². The fraction of sp³-hybridized carbons (Fsp3) is 0.333. The normalized spacial score (nSPS) is 15.0. The molecule has 1 amide bonds. The summed E-state index contributed by atoms with van der Waals surface area (Å²) in [4.78, 5) is 27.6. The van der Waals surface area contributed by atoms with Gasteiger partial charge in [-0.3, -0.25) is 14.5 Å². The van der Waals surface area contributed by atoms with Crippen molar-refractivity contribution >= 4 is 17.4 Å².